The Morgan fingerprint density at radius 1 is 1.25 bits per heavy atom. The van der Waals surface area contributed by atoms with Gasteiger partial charge in [0, 0.05) is 15.1 Å². The van der Waals surface area contributed by atoms with E-state index in [0.29, 0.717) is 9.36 Å². The summed E-state index contributed by atoms with van der Waals surface area (Å²) in [5, 5.41) is 10.8. The molecule has 0 spiro atoms. The van der Waals surface area contributed by atoms with Gasteiger partial charge in [-0.05, 0) is 18.2 Å². The van der Waals surface area contributed by atoms with Crippen molar-refractivity contribution in [3.8, 4) is 5.75 Å². The summed E-state index contributed by atoms with van der Waals surface area (Å²) in [7, 11) is 0. The molecule has 0 unspecified atom stereocenters. The van der Waals surface area contributed by atoms with Gasteiger partial charge in [0.15, 0.2) is 5.75 Å². The predicted octanol–water partition coefficient (Wildman–Crippen LogP) is 3.91. The fraction of sp³-hybridized carbons (Fsp3) is 0. The lowest BCUT2D eigenvalue weighted by Crippen LogP contribution is -1.64. The number of aromatic hydroxyl groups is 1. The van der Waals surface area contributed by atoms with Crippen molar-refractivity contribution in [2.75, 3.05) is 0 Å². The number of thiophene rings is 1. The first kappa shape index (κ1) is 8.17. The Kier molecular flexibility index (Phi) is 1.91. The van der Waals surface area contributed by atoms with Crippen LogP contribution in [0.15, 0.2) is 18.2 Å². The third-order valence-corrected chi connectivity index (χ3v) is 3.18. The lowest BCUT2D eigenvalue weighted by Gasteiger charge is -1.90. The number of halogens is 2. The highest BCUT2D eigenvalue weighted by Crippen LogP contribution is 2.41. The molecule has 1 aromatic heterocycles. The van der Waals surface area contributed by atoms with Crippen LogP contribution in [-0.4, -0.2) is 5.11 Å². The Balaban J connectivity index is 2.88. The third kappa shape index (κ3) is 1.16. The van der Waals surface area contributed by atoms with Gasteiger partial charge in [0.1, 0.15) is 4.34 Å². The largest absolute Gasteiger partial charge is 0.505 e. The van der Waals surface area contributed by atoms with Crippen LogP contribution in [-0.2, 0) is 0 Å². The van der Waals surface area contributed by atoms with Crippen LogP contribution >= 0.6 is 34.5 Å². The van der Waals surface area contributed by atoms with E-state index in [-0.39, 0.29) is 5.75 Å². The summed E-state index contributed by atoms with van der Waals surface area (Å²) < 4.78 is 1.36. The second kappa shape index (κ2) is 2.80. The van der Waals surface area contributed by atoms with E-state index in [0.717, 1.165) is 10.1 Å². The van der Waals surface area contributed by atoms with Crippen molar-refractivity contribution in [3.05, 3.63) is 27.6 Å². The van der Waals surface area contributed by atoms with Crippen molar-refractivity contribution in [2.45, 2.75) is 0 Å². The molecule has 2 rings (SSSR count). The van der Waals surface area contributed by atoms with E-state index in [2.05, 4.69) is 0 Å². The second-order valence-electron chi connectivity index (χ2n) is 2.36. The summed E-state index contributed by atoms with van der Waals surface area (Å²) in [4.78, 5) is 0. The monoisotopic (exact) mass is 218 g/mol. The van der Waals surface area contributed by atoms with Crippen LogP contribution < -0.4 is 0 Å². The van der Waals surface area contributed by atoms with Crippen LogP contribution in [0.4, 0.5) is 0 Å². The van der Waals surface area contributed by atoms with E-state index in [1.54, 1.807) is 12.1 Å². The fourth-order valence-electron chi connectivity index (χ4n) is 1.03. The highest BCUT2D eigenvalue weighted by atomic mass is 35.5. The average Bonchev–Trinajstić information content (AvgIpc) is 2.31. The van der Waals surface area contributed by atoms with E-state index < -0.39 is 0 Å². The van der Waals surface area contributed by atoms with Gasteiger partial charge in [0.25, 0.3) is 0 Å². The summed E-state index contributed by atoms with van der Waals surface area (Å²) in [5.74, 6) is 0.124. The third-order valence-electron chi connectivity index (χ3n) is 1.58. The summed E-state index contributed by atoms with van der Waals surface area (Å²) in [6, 6.07) is 5.32. The minimum Gasteiger partial charge on any atom is -0.505 e. The van der Waals surface area contributed by atoms with Crippen molar-refractivity contribution >= 4 is 44.6 Å². The van der Waals surface area contributed by atoms with Gasteiger partial charge in [0.2, 0.25) is 0 Å². The second-order valence-corrected chi connectivity index (χ2v) is 4.46. The molecule has 0 saturated carbocycles. The van der Waals surface area contributed by atoms with Crippen molar-refractivity contribution in [1.29, 1.82) is 0 Å². The van der Waals surface area contributed by atoms with Gasteiger partial charge >= 0.3 is 0 Å². The maximum absolute atomic E-state index is 9.44. The summed E-state index contributed by atoms with van der Waals surface area (Å²) in [5.41, 5.74) is 0. The van der Waals surface area contributed by atoms with E-state index in [9.17, 15) is 5.11 Å². The molecular weight excluding hydrogens is 215 g/mol. The Bertz CT molecular complexity index is 436. The zero-order valence-electron chi connectivity index (χ0n) is 5.84. The number of fused-ring (bicyclic) bond motifs is 1. The molecule has 1 heterocycles. The molecule has 4 heteroatoms. The molecule has 0 aliphatic carbocycles. The molecule has 0 radical (unpaired) electrons. The maximum atomic E-state index is 9.44. The van der Waals surface area contributed by atoms with Crippen LogP contribution in [0.5, 0.6) is 5.75 Å². The molecule has 1 nitrogen and oxygen atoms in total. The first-order valence-electron chi connectivity index (χ1n) is 3.25. The summed E-state index contributed by atoms with van der Waals surface area (Å²) in [6.45, 7) is 0. The molecule has 0 saturated heterocycles. The van der Waals surface area contributed by atoms with Crippen LogP contribution in [0.25, 0.3) is 10.1 Å². The Morgan fingerprint density at radius 3 is 2.75 bits per heavy atom. The Morgan fingerprint density at radius 2 is 2.00 bits per heavy atom. The Labute approximate surface area is 83.2 Å². The topological polar surface area (TPSA) is 20.2 Å². The first-order valence-corrected chi connectivity index (χ1v) is 4.82. The van der Waals surface area contributed by atoms with Gasteiger partial charge in [-0.1, -0.05) is 23.2 Å². The maximum Gasteiger partial charge on any atom is 0.152 e. The zero-order chi connectivity index (χ0) is 8.72. The van der Waals surface area contributed by atoms with Gasteiger partial charge in [-0.25, -0.2) is 0 Å². The summed E-state index contributed by atoms with van der Waals surface area (Å²) >= 11 is 12.8. The van der Waals surface area contributed by atoms with Crippen molar-refractivity contribution < 1.29 is 5.11 Å². The molecule has 12 heavy (non-hydrogen) atoms. The highest BCUT2D eigenvalue weighted by Gasteiger charge is 2.08. The molecule has 0 aliphatic heterocycles. The predicted molar refractivity (Wildman–Crippen MR) is 53.5 cm³/mol. The molecule has 0 aliphatic rings. The molecule has 1 aromatic carbocycles. The van der Waals surface area contributed by atoms with Crippen LogP contribution in [0.2, 0.25) is 9.36 Å². The standard InChI is InChI=1S/C8H4Cl2OS/c9-4-1-2-6-5(3-4)7(11)8(10)12-6/h1-3,11H. The van der Waals surface area contributed by atoms with E-state index in [1.165, 1.54) is 11.3 Å². The van der Waals surface area contributed by atoms with Crippen molar-refractivity contribution in [2.24, 2.45) is 0 Å². The smallest absolute Gasteiger partial charge is 0.152 e. The van der Waals surface area contributed by atoms with Gasteiger partial charge in [-0.3, -0.25) is 0 Å². The van der Waals surface area contributed by atoms with Crippen LogP contribution in [0.1, 0.15) is 0 Å². The lowest BCUT2D eigenvalue weighted by atomic mass is 10.2. The van der Waals surface area contributed by atoms with Crippen molar-refractivity contribution in [3.63, 3.8) is 0 Å². The van der Waals surface area contributed by atoms with E-state index in [1.807, 2.05) is 6.07 Å². The minimum atomic E-state index is 0.124. The minimum absolute atomic E-state index is 0.124. The van der Waals surface area contributed by atoms with Crippen molar-refractivity contribution in [1.82, 2.24) is 0 Å². The first-order chi connectivity index (χ1) is 5.68. The molecule has 0 atom stereocenters. The van der Waals surface area contributed by atoms with E-state index >= 15 is 0 Å². The normalized spacial score (nSPS) is 10.8. The number of hydrogen-bond donors (Lipinski definition) is 1. The molecule has 62 valence electrons. The average molecular weight is 219 g/mol. The number of hydrogen-bond acceptors (Lipinski definition) is 2. The van der Waals surface area contributed by atoms with E-state index in [4.69, 9.17) is 23.2 Å². The molecule has 0 bridgehead atoms. The highest BCUT2D eigenvalue weighted by molar-refractivity contribution is 7.23. The van der Waals surface area contributed by atoms with Crippen LogP contribution in [0.3, 0.4) is 0 Å². The molecule has 1 N–H and O–H groups in total. The van der Waals surface area contributed by atoms with Gasteiger partial charge in [0.05, 0.1) is 0 Å². The lowest BCUT2D eigenvalue weighted by molar-refractivity contribution is 0.484. The quantitative estimate of drug-likeness (QED) is 0.711. The fourth-order valence-corrected chi connectivity index (χ4v) is 2.35. The molecule has 0 amide bonds. The zero-order valence-corrected chi connectivity index (χ0v) is 8.17. The van der Waals surface area contributed by atoms with Gasteiger partial charge in [-0.2, -0.15) is 0 Å². The number of rotatable bonds is 0. The Hall–Kier alpha value is -0.440. The molecule has 2 aromatic rings. The summed E-state index contributed by atoms with van der Waals surface area (Å²) in [6.07, 6.45) is 0. The number of benzene rings is 1. The van der Waals surface area contributed by atoms with Gasteiger partial charge in [-0.15, -0.1) is 11.3 Å². The van der Waals surface area contributed by atoms with Gasteiger partial charge < -0.3 is 5.11 Å². The SMILES string of the molecule is Oc1c(Cl)sc2ccc(Cl)cc12. The van der Waals surface area contributed by atoms with Crippen LogP contribution in [0, 0.1) is 0 Å². The molecular formula is C8H4Cl2OS. The molecule has 0 fully saturated rings.